The van der Waals surface area contributed by atoms with Gasteiger partial charge in [-0.25, -0.2) is 14.6 Å². The zero-order chi connectivity index (χ0) is 24.2. The van der Waals surface area contributed by atoms with Gasteiger partial charge in [-0.1, -0.05) is 5.21 Å². The zero-order valence-electron chi connectivity index (χ0n) is 17.8. The number of aromatic nitrogens is 5. The van der Waals surface area contributed by atoms with E-state index < -0.39 is 29.7 Å². The zero-order valence-corrected chi connectivity index (χ0v) is 17.8. The number of halogens is 3. The highest BCUT2D eigenvalue weighted by molar-refractivity contribution is 5.84. The second kappa shape index (κ2) is 9.63. The van der Waals surface area contributed by atoms with Crippen molar-refractivity contribution in [3.8, 4) is 11.4 Å². The van der Waals surface area contributed by atoms with E-state index >= 15 is 0 Å². The lowest BCUT2D eigenvalue weighted by atomic mass is 10.2. The Hall–Kier alpha value is -4.03. The summed E-state index contributed by atoms with van der Waals surface area (Å²) in [7, 11) is 1.21. The number of pyridine rings is 2. The van der Waals surface area contributed by atoms with Crippen molar-refractivity contribution < 1.29 is 27.5 Å². The van der Waals surface area contributed by atoms with Crippen molar-refractivity contribution in [2.45, 2.75) is 26.1 Å². The molecule has 174 valence electrons. The average molecular weight is 463 g/mol. The summed E-state index contributed by atoms with van der Waals surface area (Å²) in [6.45, 7) is 3.07. The molecule has 1 amide bonds. The van der Waals surface area contributed by atoms with Gasteiger partial charge in [0, 0.05) is 6.20 Å². The van der Waals surface area contributed by atoms with Gasteiger partial charge in [0.15, 0.2) is 0 Å². The lowest BCUT2D eigenvalue weighted by Crippen LogP contribution is -2.35. The van der Waals surface area contributed by atoms with Gasteiger partial charge >= 0.3 is 12.1 Å². The van der Waals surface area contributed by atoms with E-state index in [0.717, 1.165) is 23.9 Å². The van der Waals surface area contributed by atoms with Gasteiger partial charge < -0.3 is 15.4 Å². The molecule has 0 fully saturated rings. The molecule has 1 unspecified atom stereocenters. The summed E-state index contributed by atoms with van der Waals surface area (Å²) in [5, 5.41) is 13.1. The number of hydrogen-bond acceptors (Lipinski definition) is 8. The molecule has 0 aliphatic heterocycles. The lowest BCUT2D eigenvalue weighted by molar-refractivity contribution is -0.141. The van der Waals surface area contributed by atoms with E-state index in [1.165, 1.54) is 18.0 Å². The van der Waals surface area contributed by atoms with Crippen LogP contribution in [0, 0.1) is 6.92 Å². The topological polar surface area (TPSA) is 124 Å². The maximum atomic E-state index is 12.9. The fourth-order valence-electron chi connectivity index (χ4n) is 2.75. The number of anilines is 2. The summed E-state index contributed by atoms with van der Waals surface area (Å²) >= 11 is 0. The van der Waals surface area contributed by atoms with Gasteiger partial charge in [0.2, 0.25) is 5.91 Å². The Balaban J connectivity index is 1.78. The molecule has 1 atom stereocenters. The number of esters is 1. The molecule has 0 radical (unpaired) electrons. The van der Waals surface area contributed by atoms with E-state index in [1.54, 1.807) is 26.0 Å². The SMILES string of the molecule is COC(=O)CNC(=O)C(C)n1cc(-c2cc(C)cc(Nc3cc(C(F)(F)F)ccn3)n2)nn1. The van der Waals surface area contributed by atoms with Crippen LogP contribution in [0.1, 0.15) is 24.1 Å². The average Bonchev–Trinajstić information content (AvgIpc) is 3.26. The summed E-state index contributed by atoms with van der Waals surface area (Å²) in [4.78, 5) is 31.7. The molecule has 3 rings (SSSR count). The van der Waals surface area contributed by atoms with Crippen LogP contribution in [0.4, 0.5) is 24.8 Å². The summed E-state index contributed by atoms with van der Waals surface area (Å²) in [6.07, 6.45) is -1.94. The Morgan fingerprint density at radius 2 is 1.94 bits per heavy atom. The number of carbonyl (C=O) groups excluding carboxylic acids is 2. The normalized spacial score (nSPS) is 12.2. The van der Waals surface area contributed by atoms with E-state index in [9.17, 15) is 22.8 Å². The van der Waals surface area contributed by atoms with E-state index in [4.69, 9.17) is 0 Å². The fourth-order valence-corrected chi connectivity index (χ4v) is 2.75. The van der Waals surface area contributed by atoms with Crippen LogP contribution >= 0.6 is 0 Å². The molecule has 3 aromatic rings. The number of nitrogens with one attached hydrogen (secondary N) is 2. The molecule has 3 aromatic heterocycles. The van der Waals surface area contributed by atoms with Crippen molar-refractivity contribution in [3.63, 3.8) is 0 Å². The Morgan fingerprint density at radius 3 is 2.64 bits per heavy atom. The van der Waals surface area contributed by atoms with Gasteiger partial charge in [-0.3, -0.25) is 9.59 Å². The number of alkyl halides is 3. The maximum Gasteiger partial charge on any atom is 0.416 e. The van der Waals surface area contributed by atoms with Gasteiger partial charge in [0.05, 0.1) is 24.6 Å². The Bertz CT molecular complexity index is 1160. The van der Waals surface area contributed by atoms with Gasteiger partial charge in [-0.15, -0.1) is 5.10 Å². The number of carbonyl (C=O) groups is 2. The van der Waals surface area contributed by atoms with Crippen LogP contribution < -0.4 is 10.6 Å². The van der Waals surface area contributed by atoms with Crippen molar-refractivity contribution in [2.75, 3.05) is 19.0 Å². The highest BCUT2D eigenvalue weighted by Crippen LogP contribution is 2.30. The third-order valence-electron chi connectivity index (χ3n) is 4.50. The molecule has 10 nitrogen and oxygen atoms in total. The summed E-state index contributed by atoms with van der Waals surface area (Å²) in [5.41, 5.74) is 0.646. The first kappa shape index (κ1) is 23.6. The minimum Gasteiger partial charge on any atom is -0.468 e. The lowest BCUT2D eigenvalue weighted by Gasteiger charge is -2.11. The largest absolute Gasteiger partial charge is 0.468 e. The van der Waals surface area contributed by atoms with E-state index in [2.05, 4.69) is 35.7 Å². The summed E-state index contributed by atoms with van der Waals surface area (Å²) in [6, 6.07) is 4.34. The van der Waals surface area contributed by atoms with E-state index in [-0.39, 0.29) is 18.2 Å². The van der Waals surface area contributed by atoms with Crippen LogP contribution in [0.15, 0.2) is 36.7 Å². The quantitative estimate of drug-likeness (QED) is 0.513. The minimum atomic E-state index is -4.50. The Labute approximate surface area is 186 Å². The van der Waals surface area contributed by atoms with Gasteiger partial charge in [0.25, 0.3) is 0 Å². The second-order valence-corrected chi connectivity index (χ2v) is 7.02. The molecule has 0 saturated heterocycles. The van der Waals surface area contributed by atoms with E-state index in [0.29, 0.717) is 11.4 Å². The van der Waals surface area contributed by atoms with Crippen molar-refractivity contribution in [2.24, 2.45) is 0 Å². The molecule has 2 N–H and O–H groups in total. The van der Waals surface area contributed by atoms with Crippen LogP contribution in [-0.2, 0) is 20.5 Å². The third kappa shape index (κ3) is 6.02. The van der Waals surface area contributed by atoms with Crippen LogP contribution in [-0.4, -0.2) is 50.5 Å². The molecule has 0 bridgehead atoms. The molecule has 0 spiro atoms. The Kier molecular flexibility index (Phi) is 6.89. The van der Waals surface area contributed by atoms with Crippen molar-refractivity contribution >= 4 is 23.5 Å². The van der Waals surface area contributed by atoms with Crippen LogP contribution in [0.5, 0.6) is 0 Å². The number of ether oxygens (including phenoxy) is 1. The Morgan fingerprint density at radius 1 is 1.18 bits per heavy atom. The number of rotatable bonds is 7. The third-order valence-corrected chi connectivity index (χ3v) is 4.50. The first-order valence-electron chi connectivity index (χ1n) is 9.62. The monoisotopic (exact) mass is 463 g/mol. The molecule has 0 aliphatic rings. The first-order chi connectivity index (χ1) is 15.6. The predicted molar refractivity (Wildman–Crippen MR) is 110 cm³/mol. The van der Waals surface area contributed by atoms with Crippen LogP contribution in [0.3, 0.4) is 0 Å². The highest BCUT2D eigenvalue weighted by Gasteiger charge is 2.30. The smallest absolute Gasteiger partial charge is 0.416 e. The molecule has 33 heavy (non-hydrogen) atoms. The summed E-state index contributed by atoms with van der Waals surface area (Å²) in [5.74, 6) is -0.815. The predicted octanol–water partition coefficient (Wildman–Crippen LogP) is 2.66. The number of aryl methyl sites for hydroxylation is 1. The van der Waals surface area contributed by atoms with Crippen molar-refractivity contribution in [3.05, 3.63) is 47.8 Å². The van der Waals surface area contributed by atoms with Crippen LogP contribution in [0.2, 0.25) is 0 Å². The maximum absolute atomic E-state index is 12.9. The number of amides is 1. The second-order valence-electron chi connectivity index (χ2n) is 7.02. The summed E-state index contributed by atoms with van der Waals surface area (Å²) < 4.78 is 44.6. The molecule has 0 aromatic carbocycles. The minimum absolute atomic E-state index is 0.0200. The van der Waals surface area contributed by atoms with Gasteiger partial charge in [0.1, 0.15) is 29.9 Å². The van der Waals surface area contributed by atoms with Crippen molar-refractivity contribution in [1.29, 1.82) is 0 Å². The first-order valence-corrected chi connectivity index (χ1v) is 9.62. The molecule has 0 saturated carbocycles. The molecule has 13 heteroatoms. The highest BCUT2D eigenvalue weighted by atomic mass is 19.4. The standard InChI is InChI=1S/C20H20F3N7O3/c1-11-6-14(15-10-30(29-28-15)12(2)19(32)25-9-18(31)33-3)26-17(7-11)27-16-8-13(4-5-24-16)20(21,22)23/h4-8,10,12H,9H2,1-3H3,(H,25,32)(H,24,26,27). The number of nitrogens with zero attached hydrogens (tertiary/aromatic N) is 5. The van der Waals surface area contributed by atoms with Gasteiger partial charge in [-0.2, -0.15) is 13.2 Å². The fraction of sp³-hybridized carbons (Fsp3) is 0.300. The van der Waals surface area contributed by atoms with Gasteiger partial charge in [-0.05, 0) is 43.7 Å². The van der Waals surface area contributed by atoms with Crippen molar-refractivity contribution in [1.82, 2.24) is 30.3 Å². The number of hydrogen-bond donors (Lipinski definition) is 2. The van der Waals surface area contributed by atoms with E-state index in [1.807, 2.05) is 0 Å². The molecule has 3 heterocycles. The van der Waals surface area contributed by atoms with Crippen LogP contribution in [0.25, 0.3) is 11.4 Å². The molecular weight excluding hydrogens is 443 g/mol. The molecule has 0 aliphatic carbocycles. The molecular formula is C20H20F3N7O3. The number of methoxy groups -OCH3 is 1.